The van der Waals surface area contributed by atoms with Crippen LogP contribution >= 0.6 is 24.2 Å². The number of thiocarbonyl (C=S) groups is 1. The van der Waals surface area contributed by atoms with Crippen LogP contribution in [0.15, 0.2) is 45.7 Å². The summed E-state index contributed by atoms with van der Waals surface area (Å²) in [5.41, 5.74) is 8.85. The van der Waals surface area contributed by atoms with Crippen LogP contribution in [-0.2, 0) is 0 Å². The van der Waals surface area contributed by atoms with Crippen molar-refractivity contribution in [2.24, 2.45) is 4.40 Å². The Morgan fingerprint density at radius 2 is 2.24 bits per heavy atom. The van der Waals surface area contributed by atoms with Crippen LogP contribution in [0.2, 0.25) is 0 Å². The molecule has 1 aromatic carbocycles. The maximum atomic E-state index is 5.86. The smallest absolute Gasteiger partial charge is 0.0797 e. The first-order valence-corrected chi connectivity index (χ1v) is 6.54. The molecule has 2 aliphatic rings. The highest BCUT2D eigenvalue weighted by Gasteiger charge is 2.15. The van der Waals surface area contributed by atoms with Crippen LogP contribution in [0.4, 0.5) is 5.69 Å². The largest absolute Gasteiger partial charge is 0.399 e. The summed E-state index contributed by atoms with van der Waals surface area (Å²) in [5, 5.41) is 4.03. The van der Waals surface area contributed by atoms with Gasteiger partial charge in [-0.2, -0.15) is 0 Å². The lowest BCUT2D eigenvalue weighted by molar-refractivity contribution is 1.38. The van der Waals surface area contributed by atoms with E-state index in [2.05, 4.69) is 16.5 Å². The summed E-state index contributed by atoms with van der Waals surface area (Å²) in [6.07, 6.45) is 5.02. The van der Waals surface area contributed by atoms with E-state index in [4.69, 9.17) is 18.0 Å². The number of nitrogens with zero attached hydrogens (tertiary/aromatic N) is 1. The van der Waals surface area contributed by atoms with Gasteiger partial charge < -0.3 is 5.73 Å². The Labute approximate surface area is 109 Å². The second kappa shape index (κ2) is 4.13. The molecule has 0 radical (unpaired) electrons. The molecule has 0 unspecified atom stereocenters. The fraction of sp³-hybridized carbons (Fsp3) is 0.0769. The first kappa shape index (κ1) is 10.7. The molecule has 0 bridgehead atoms. The van der Waals surface area contributed by atoms with E-state index in [9.17, 15) is 0 Å². The molecule has 1 heterocycles. The Kier molecular flexibility index (Phi) is 2.61. The van der Waals surface area contributed by atoms with Crippen molar-refractivity contribution in [2.45, 2.75) is 6.42 Å². The highest BCUT2D eigenvalue weighted by molar-refractivity contribution is 8.00. The topological polar surface area (TPSA) is 38.4 Å². The van der Waals surface area contributed by atoms with Crippen LogP contribution in [0, 0.1) is 0 Å². The standard InChI is InChI=1S/C13H10N2S2/c14-9-4-5-11-10(6-9)13-8(7-17-15-11)2-1-3-12(13)16/h1-2,4-7H,3,14H2. The Hall–Kier alpha value is -1.39. The van der Waals surface area contributed by atoms with E-state index in [1.54, 1.807) is 0 Å². The number of allylic oxidation sites excluding steroid dienone is 3. The zero-order valence-electron chi connectivity index (χ0n) is 9.01. The van der Waals surface area contributed by atoms with Crippen molar-refractivity contribution < 1.29 is 0 Å². The lowest BCUT2D eigenvalue weighted by Crippen LogP contribution is -2.29. The van der Waals surface area contributed by atoms with E-state index in [0.717, 1.165) is 38.7 Å². The average Bonchev–Trinajstić information content (AvgIpc) is 2.49. The third-order valence-corrected chi connectivity index (χ3v) is 3.82. The summed E-state index contributed by atoms with van der Waals surface area (Å²) in [6.45, 7) is 0. The normalized spacial score (nSPS) is 17.8. The summed E-state index contributed by atoms with van der Waals surface area (Å²) < 4.78 is 4.46. The van der Waals surface area contributed by atoms with Gasteiger partial charge in [-0.1, -0.05) is 24.4 Å². The molecule has 3 rings (SSSR count). The van der Waals surface area contributed by atoms with E-state index in [1.807, 2.05) is 23.6 Å². The molecule has 0 fully saturated rings. The molecule has 0 saturated carbocycles. The molecule has 0 amide bonds. The van der Waals surface area contributed by atoms with Crippen LogP contribution in [0.1, 0.15) is 6.42 Å². The molecule has 0 aromatic heterocycles. The van der Waals surface area contributed by atoms with E-state index in [0.29, 0.717) is 0 Å². The number of rotatable bonds is 0. The van der Waals surface area contributed by atoms with Gasteiger partial charge in [0.25, 0.3) is 0 Å². The number of fused-ring (bicyclic) bond motifs is 2. The van der Waals surface area contributed by atoms with Crippen LogP contribution in [-0.4, -0.2) is 4.86 Å². The van der Waals surface area contributed by atoms with Gasteiger partial charge in [0.1, 0.15) is 0 Å². The molecule has 2 N–H and O–H groups in total. The molecule has 0 spiro atoms. The quantitative estimate of drug-likeness (QED) is 0.439. The zero-order chi connectivity index (χ0) is 11.8. The lowest BCUT2D eigenvalue weighted by Gasteiger charge is -2.13. The molecule has 2 nitrogen and oxygen atoms in total. The van der Waals surface area contributed by atoms with Gasteiger partial charge in [-0.05, 0) is 23.8 Å². The molecule has 1 aromatic rings. The SMILES string of the molecule is Nc1ccc2c(c1)=C1C(=S)CC=CC1=CSN=2. The van der Waals surface area contributed by atoms with Crippen molar-refractivity contribution in [3.8, 4) is 0 Å². The minimum Gasteiger partial charge on any atom is -0.399 e. The fourth-order valence-corrected chi connectivity index (χ4v) is 2.98. The van der Waals surface area contributed by atoms with Gasteiger partial charge in [-0.3, -0.25) is 0 Å². The molecule has 17 heavy (non-hydrogen) atoms. The third kappa shape index (κ3) is 1.83. The molecular weight excluding hydrogens is 248 g/mol. The second-order valence-electron chi connectivity index (χ2n) is 3.95. The second-order valence-corrected chi connectivity index (χ2v) is 5.07. The number of nitrogens with two attached hydrogens (primary N) is 1. The summed E-state index contributed by atoms with van der Waals surface area (Å²) in [4.78, 5) is 0.961. The van der Waals surface area contributed by atoms with Crippen molar-refractivity contribution in [1.82, 2.24) is 0 Å². The number of nitrogen functional groups attached to an aromatic ring is 1. The molecule has 0 saturated heterocycles. The summed E-state index contributed by atoms with van der Waals surface area (Å²) in [7, 11) is 0. The predicted octanol–water partition coefficient (Wildman–Crippen LogP) is 1.91. The fourth-order valence-electron chi connectivity index (χ4n) is 2.02. The number of anilines is 1. The maximum absolute atomic E-state index is 5.86. The van der Waals surface area contributed by atoms with Crippen molar-refractivity contribution in [1.29, 1.82) is 0 Å². The van der Waals surface area contributed by atoms with Gasteiger partial charge in [0.2, 0.25) is 0 Å². The van der Waals surface area contributed by atoms with E-state index in [1.165, 1.54) is 11.9 Å². The maximum Gasteiger partial charge on any atom is 0.0797 e. The molecular formula is C13H10N2S2. The van der Waals surface area contributed by atoms with Gasteiger partial charge in [-0.15, -0.1) is 0 Å². The van der Waals surface area contributed by atoms with Gasteiger partial charge in [0.05, 0.1) is 5.36 Å². The third-order valence-electron chi connectivity index (χ3n) is 2.79. The number of hydrogen-bond donors (Lipinski definition) is 1. The minimum atomic E-state index is 0.745. The molecule has 1 aliphatic carbocycles. The molecule has 0 atom stereocenters. The minimum absolute atomic E-state index is 0.745. The molecule has 84 valence electrons. The first-order valence-electron chi connectivity index (χ1n) is 5.30. The van der Waals surface area contributed by atoms with Gasteiger partial charge >= 0.3 is 0 Å². The predicted molar refractivity (Wildman–Crippen MR) is 77.1 cm³/mol. The average molecular weight is 258 g/mol. The van der Waals surface area contributed by atoms with Gasteiger partial charge in [0.15, 0.2) is 0 Å². The number of hydrogen-bond acceptors (Lipinski definition) is 4. The van der Waals surface area contributed by atoms with Crippen molar-refractivity contribution in [3.63, 3.8) is 0 Å². The molecule has 4 heteroatoms. The Balaban J connectivity index is 2.47. The Bertz CT molecular complexity index is 684. The Morgan fingerprint density at radius 3 is 3.12 bits per heavy atom. The zero-order valence-corrected chi connectivity index (χ0v) is 10.6. The van der Waals surface area contributed by atoms with Crippen molar-refractivity contribution >= 4 is 40.3 Å². The summed E-state index contributed by atoms with van der Waals surface area (Å²) in [5.74, 6) is 0. The number of benzene rings is 1. The Morgan fingerprint density at radius 1 is 1.35 bits per heavy atom. The first-order chi connectivity index (χ1) is 8.25. The highest BCUT2D eigenvalue weighted by Crippen LogP contribution is 2.25. The molecule has 1 aliphatic heterocycles. The van der Waals surface area contributed by atoms with Gasteiger partial charge in [-0.25, -0.2) is 4.40 Å². The lowest BCUT2D eigenvalue weighted by atomic mass is 9.94. The summed E-state index contributed by atoms with van der Waals surface area (Å²) >= 11 is 6.90. The van der Waals surface area contributed by atoms with Crippen molar-refractivity contribution in [3.05, 3.63) is 51.9 Å². The monoisotopic (exact) mass is 258 g/mol. The van der Waals surface area contributed by atoms with E-state index in [-0.39, 0.29) is 0 Å². The van der Waals surface area contributed by atoms with Crippen LogP contribution in [0.3, 0.4) is 0 Å². The van der Waals surface area contributed by atoms with Crippen LogP contribution < -0.4 is 16.3 Å². The van der Waals surface area contributed by atoms with Crippen LogP contribution in [0.5, 0.6) is 0 Å². The van der Waals surface area contributed by atoms with Crippen molar-refractivity contribution in [2.75, 3.05) is 5.73 Å². The van der Waals surface area contributed by atoms with E-state index < -0.39 is 0 Å². The van der Waals surface area contributed by atoms with Crippen LogP contribution in [0.25, 0.3) is 5.57 Å². The highest BCUT2D eigenvalue weighted by atomic mass is 32.2. The van der Waals surface area contributed by atoms with E-state index >= 15 is 0 Å². The van der Waals surface area contributed by atoms with Gasteiger partial charge in [0, 0.05) is 45.1 Å². The summed E-state index contributed by atoms with van der Waals surface area (Å²) in [6, 6.07) is 5.78.